The van der Waals surface area contributed by atoms with Crippen LogP contribution in [0.5, 0.6) is 0 Å². The molecule has 2 heterocycles. The van der Waals surface area contributed by atoms with Crippen LogP contribution in [0.4, 0.5) is 0 Å². The van der Waals surface area contributed by atoms with Crippen LogP contribution < -0.4 is 10.6 Å². The molecule has 1 saturated heterocycles. The lowest BCUT2D eigenvalue weighted by Crippen LogP contribution is -2.50. The summed E-state index contributed by atoms with van der Waals surface area (Å²) in [6.07, 6.45) is 0. The van der Waals surface area contributed by atoms with Crippen LogP contribution in [-0.4, -0.2) is 37.7 Å². The first kappa shape index (κ1) is 18.6. The highest BCUT2D eigenvalue weighted by Gasteiger charge is 2.33. The van der Waals surface area contributed by atoms with E-state index in [0.29, 0.717) is 12.5 Å². The summed E-state index contributed by atoms with van der Waals surface area (Å²) in [6.45, 7) is 9.77. The fraction of sp³-hybridized carbons (Fsp3) is 0.714. The van der Waals surface area contributed by atoms with Crippen LogP contribution in [0.25, 0.3) is 0 Å². The molecule has 0 atom stereocenters. The lowest BCUT2D eigenvalue weighted by Gasteiger charge is -2.38. The number of aliphatic imine (C=N–C) groups is 1. The van der Waals surface area contributed by atoms with Crippen LogP contribution >= 0.6 is 35.3 Å². The minimum Gasteiger partial charge on any atom is -0.380 e. The van der Waals surface area contributed by atoms with Crippen LogP contribution in [0.2, 0.25) is 0 Å². The molecule has 0 aliphatic carbocycles. The number of halogens is 1. The lowest BCUT2D eigenvalue weighted by atomic mass is 9.89. The highest BCUT2D eigenvalue weighted by molar-refractivity contribution is 14.0. The molecule has 1 aliphatic rings. The molecule has 7 heteroatoms. The third-order valence-electron chi connectivity index (χ3n) is 3.38. The summed E-state index contributed by atoms with van der Waals surface area (Å²) < 4.78 is 5.25. The fourth-order valence-corrected chi connectivity index (χ4v) is 2.80. The zero-order valence-corrected chi connectivity index (χ0v) is 16.2. The Hall–Kier alpha value is -0.410. The first-order valence-electron chi connectivity index (χ1n) is 6.99. The molecule has 1 aromatic rings. The molecule has 2 N–H and O–H groups in total. The normalized spacial score (nSPS) is 17.1. The van der Waals surface area contributed by atoms with Crippen molar-refractivity contribution in [2.24, 2.45) is 10.4 Å². The van der Waals surface area contributed by atoms with Crippen molar-refractivity contribution in [3.63, 3.8) is 0 Å². The van der Waals surface area contributed by atoms with E-state index >= 15 is 0 Å². The van der Waals surface area contributed by atoms with E-state index in [-0.39, 0.29) is 29.4 Å². The SMILES string of the molecule is CN=C(NCc1nc(C(C)C)cs1)NCC1(C)COC1.I. The van der Waals surface area contributed by atoms with Crippen LogP contribution in [0.3, 0.4) is 0 Å². The Morgan fingerprint density at radius 1 is 1.48 bits per heavy atom. The van der Waals surface area contributed by atoms with E-state index in [0.717, 1.165) is 36.4 Å². The second-order valence-electron chi connectivity index (χ2n) is 5.90. The number of hydrogen-bond acceptors (Lipinski definition) is 4. The number of nitrogens with one attached hydrogen (secondary N) is 2. The predicted molar refractivity (Wildman–Crippen MR) is 98.7 cm³/mol. The molecule has 21 heavy (non-hydrogen) atoms. The summed E-state index contributed by atoms with van der Waals surface area (Å²) in [4.78, 5) is 8.84. The number of rotatable bonds is 5. The highest BCUT2D eigenvalue weighted by Crippen LogP contribution is 2.25. The van der Waals surface area contributed by atoms with Gasteiger partial charge in [-0.05, 0) is 5.92 Å². The van der Waals surface area contributed by atoms with Crippen molar-refractivity contribution in [3.8, 4) is 0 Å². The van der Waals surface area contributed by atoms with Gasteiger partial charge in [-0.15, -0.1) is 35.3 Å². The number of nitrogens with zero attached hydrogens (tertiary/aromatic N) is 2. The van der Waals surface area contributed by atoms with E-state index < -0.39 is 0 Å². The molecular weight excluding hydrogens is 399 g/mol. The first-order valence-corrected chi connectivity index (χ1v) is 7.87. The van der Waals surface area contributed by atoms with Gasteiger partial charge in [0.1, 0.15) is 5.01 Å². The van der Waals surface area contributed by atoms with Crippen LogP contribution in [0, 0.1) is 5.41 Å². The number of hydrogen-bond donors (Lipinski definition) is 2. The average molecular weight is 424 g/mol. The van der Waals surface area contributed by atoms with Crippen molar-refractivity contribution >= 4 is 41.3 Å². The first-order chi connectivity index (χ1) is 9.52. The molecule has 1 aromatic heterocycles. The monoisotopic (exact) mass is 424 g/mol. The Kier molecular flexibility index (Phi) is 7.35. The number of ether oxygens (including phenoxy) is 1. The summed E-state index contributed by atoms with van der Waals surface area (Å²) in [7, 11) is 1.79. The van der Waals surface area contributed by atoms with Crippen molar-refractivity contribution in [2.75, 3.05) is 26.8 Å². The Morgan fingerprint density at radius 3 is 2.67 bits per heavy atom. The van der Waals surface area contributed by atoms with Gasteiger partial charge in [-0.2, -0.15) is 0 Å². The van der Waals surface area contributed by atoms with Gasteiger partial charge in [0.15, 0.2) is 5.96 Å². The van der Waals surface area contributed by atoms with Gasteiger partial charge in [0.05, 0.1) is 25.5 Å². The maximum atomic E-state index is 5.25. The van der Waals surface area contributed by atoms with E-state index in [1.165, 1.54) is 0 Å². The van der Waals surface area contributed by atoms with Crippen molar-refractivity contribution in [3.05, 3.63) is 16.1 Å². The largest absolute Gasteiger partial charge is 0.380 e. The standard InChI is InChI=1S/C14H24N4OS.HI/c1-10(2)11-6-20-12(18-11)5-16-13(15-4)17-7-14(3)8-19-9-14;/h6,10H,5,7-9H2,1-4H3,(H2,15,16,17);1H. The topological polar surface area (TPSA) is 58.5 Å². The molecule has 0 saturated carbocycles. The van der Waals surface area contributed by atoms with E-state index in [9.17, 15) is 0 Å². The van der Waals surface area contributed by atoms with Gasteiger partial charge in [-0.25, -0.2) is 4.98 Å². The Balaban J connectivity index is 0.00000220. The maximum absolute atomic E-state index is 5.25. The van der Waals surface area contributed by atoms with Crippen LogP contribution in [-0.2, 0) is 11.3 Å². The minimum absolute atomic E-state index is 0. The summed E-state index contributed by atoms with van der Waals surface area (Å²) >= 11 is 1.69. The lowest BCUT2D eigenvalue weighted by molar-refractivity contribution is -0.0971. The van der Waals surface area contributed by atoms with Gasteiger partial charge >= 0.3 is 0 Å². The molecule has 120 valence electrons. The summed E-state index contributed by atoms with van der Waals surface area (Å²) in [5.41, 5.74) is 1.40. The Bertz CT molecular complexity index is 471. The zero-order chi connectivity index (χ0) is 14.6. The summed E-state index contributed by atoms with van der Waals surface area (Å²) in [5, 5.41) is 9.87. The second-order valence-corrected chi connectivity index (χ2v) is 6.85. The van der Waals surface area contributed by atoms with Gasteiger partial charge in [0.25, 0.3) is 0 Å². The van der Waals surface area contributed by atoms with Crippen LogP contribution in [0.1, 0.15) is 37.4 Å². The summed E-state index contributed by atoms with van der Waals surface area (Å²) in [6, 6.07) is 0. The number of guanidine groups is 1. The molecule has 0 bridgehead atoms. The van der Waals surface area contributed by atoms with Gasteiger partial charge in [-0.3, -0.25) is 4.99 Å². The number of aromatic nitrogens is 1. The second kappa shape index (κ2) is 8.28. The Morgan fingerprint density at radius 2 is 2.19 bits per heavy atom. The van der Waals surface area contributed by atoms with Gasteiger partial charge in [0, 0.05) is 24.4 Å². The highest BCUT2D eigenvalue weighted by atomic mass is 127. The van der Waals surface area contributed by atoms with E-state index in [1.54, 1.807) is 18.4 Å². The molecule has 1 fully saturated rings. The van der Waals surface area contributed by atoms with Crippen molar-refractivity contribution in [2.45, 2.75) is 33.2 Å². The van der Waals surface area contributed by atoms with E-state index in [1.807, 2.05) is 0 Å². The fourth-order valence-electron chi connectivity index (χ4n) is 1.90. The molecule has 0 radical (unpaired) electrons. The smallest absolute Gasteiger partial charge is 0.191 e. The molecule has 0 amide bonds. The van der Waals surface area contributed by atoms with Crippen LogP contribution in [0.15, 0.2) is 10.4 Å². The molecule has 0 unspecified atom stereocenters. The molecular formula is C14H25IN4OS. The van der Waals surface area contributed by atoms with Crippen molar-refractivity contribution < 1.29 is 4.74 Å². The molecule has 0 spiro atoms. The zero-order valence-electron chi connectivity index (χ0n) is 13.1. The molecule has 2 rings (SSSR count). The van der Waals surface area contributed by atoms with Crippen molar-refractivity contribution in [1.82, 2.24) is 15.6 Å². The average Bonchev–Trinajstić information content (AvgIpc) is 2.86. The van der Waals surface area contributed by atoms with E-state index in [4.69, 9.17) is 4.74 Å². The molecule has 5 nitrogen and oxygen atoms in total. The maximum Gasteiger partial charge on any atom is 0.191 e. The van der Waals surface area contributed by atoms with Gasteiger partial charge in [0.2, 0.25) is 0 Å². The minimum atomic E-state index is 0. The molecule has 1 aliphatic heterocycles. The van der Waals surface area contributed by atoms with E-state index in [2.05, 4.69) is 46.8 Å². The van der Waals surface area contributed by atoms with Gasteiger partial charge in [-0.1, -0.05) is 20.8 Å². The number of thiazole rings is 1. The Labute approximate surface area is 148 Å². The third-order valence-corrected chi connectivity index (χ3v) is 4.24. The third kappa shape index (κ3) is 5.37. The molecule has 0 aromatic carbocycles. The van der Waals surface area contributed by atoms with Gasteiger partial charge < -0.3 is 15.4 Å². The quantitative estimate of drug-likeness (QED) is 0.434. The predicted octanol–water partition coefficient (Wildman–Crippen LogP) is 2.59. The van der Waals surface area contributed by atoms with Crippen molar-refractivity contribution in [1.29, 1.82) is 0 Å². The summed E-state index contributed by atoms with van der Waals surface area (Å²) in [5.74, 6) is 1.30.